The van der Waals surface area contributed by atoms with Gasteiger partial charge in [0.05, 0.1) is 0 Å². The molecule has 2 N–H and O–H groups in total. The summed E-state index contributed by atoms with van der Waals surface area (Å²) in [5.74, 6) is 0. The van der Waals surface area contributed by atoms with Gasteiger partial charge in [0.1, 0.15) is 0 Å². The third-order valence-electron chi connectivity index (χ3n) is 3.18. The Morgan fingerprint density at radius 3 is 2.67 bits per heavy atom. The first-order valence-corrected chi connectivity index (χ1v) is 6.98. The molecule has 90 valence electrons. The number of thiophene rings is 1. The summed E-state index contributed by atoms with van der Waals surface area (Å²) in [4.78, 5) is 0. The Balaban J connectivity index is 1.96. The average Bonchev–Trinajstić information content (AvgIpc) is 2.83. The van der Waals surface area contributed by atoms with Crippen molar-refractivity contribution in [2.24, 2.45) is 5.73 Å². The molecule has 3 aromatic rings. The van der Waals surface area contributed by atoms with Crippen molar-refractivity contribution in [2.45, 2.75) is 13.0 Å². The first kappa shape index (κ1) is 11.5. The highest BCUT2D eigenvalue weighted by Crippen LogP contribution is 2.27. The number of nitrogens with two attached hydrogens (primary N) is 1. The number of benzene rings is 2. The van der Waals surface area contributed by atoms with Gasteiger partial charge in [0.2, 0.25) is 0 Å². The van der Waals surface area contributed by atoms with Gasteiger partial charge >= 0.3 is 0 Å². The molecule has 1 heterocycles. The van der Waals surface area contributed by atoms with Gasteiger partial charge in [-0.15, -0.1) is 11.3 Å². The molecule has 18 heavy (non-hydrogen) atoms. The van der Waals surface area contributed by atoms with Crippen LogP contribution in [0.2, 0.25) is 0 Å². The van der Waals surface area contributed by atoms with Crippen LogP contribution in [0.1, 0.15) is 16.7 Å². The molecule has 3 rings (SSSR count). The molecular weight excluding hydrogens is 238 g/mol. The average molecular weight is 253 g/mol. The molecule has 0 atom stereocenters. The minimum Gasteiger partial charge on any atom is -0.326 e. The van der Waals surface area contributed by atoms with Crippen LogP contribution < -0.4 is 5.73 Å². The smallest absolute Gasteiger partial charge is 0.0345 e. The van der Waals surface area contributed by atoms with E-state index >= 15 is 0 Å². The number of hydrogen-bond acceptors (Lipinski definition) is 2. The van der Waals surface area contributed by atoms with Gasteiger partial charge in [0, 0.05) is 11.2 Å². The summed E-state index contributed by atoms with van der Waals surface area (Å²) in [5.41, 5.74) is 9.63. The lowest BCUT2D eigenvalue weighted by molar-refractivity contribution is 1.06. The molecule has 0 aliphatic carbocycles. The van der Waals surface area contributed by atoms with Crippen molar-refractivity contribution in [1.82, 2.24) is 0 Å². The Hall–Kier alpha value is -1.64. The molecule has 2 aromatic carbocycles. The second kappa shape index (κ2) is 4.92. The zero-order valence-electron chi connectivity index (χ0n) is 10.1. The van der Waals surface area contributed by atoms with Gasteiger partial charge < -0.3 is 5.73 Å². The molecular formula is C16H15NS. The maximum absolute atomic E-state index is 5.68. The predicted molar refractivity (Wildman–Crippen MR) is 79.0 cm³/mol. The second-order valence-electron chi connectivity index (χ2n) is 4.46. The summed E-state index contributed by atoms with van der Waals surface area (Å²) in [6.07, 6.45) is 0.984. The Morgan fingerprint density at radius 2 is 1.78 bits per heavy atom. The second-order valence-corrected chi connectivity index (χ2v) is 5.37. The monoisotopic (exact) mass is 253 g/mol. The molecule has 0 amide bonds. The lowest BCUT2D eigenvalue weighted by Gasteiger charge is -2.03. The van der Waals surface area contributed by atoms with E-state index in [1.54, 1.807) is 0 Å². The van der Waals surface area contributed by atoms with Gasteiger partial charge in [-0.3, -0.25) is 0 Å². The van der Waals surface area contributed by atoms with Crippen LogP contribution in [0.4, 0.5) is 0 Å². The SMILES string of the molecule is NCc1cccc(Cc2csc3ccccc23)c1. The van der Waals surface area contributed by atoms with Crippen molar-refractivity contribution in [3.8, 4) is 0 Å². The first-order valence-electron chi connectivity index (χ1n) is 6.10. The molecule has 1 nitrogen and oxygen atoms in total. The van der Waals surface area contributed by atoms with Crippen molar-refractivity contribution >= 4 is 21.4 Å². The lowest BCUT2D eigenvalue weighted by Crippen LogP contribution is -1.97. The molecule has 2 heteroatoms. The van der Waals surface area contributed by atoms with Crippen LogP contribution in [-0.2, 0) is 13.0 Å². The number of fused-ring (bicyclic) bond motifs is 1. The van der Waals surface area contributed by atoms with E-state index in [-0.39, 0.29) is 0 Å². The molecule has 0 unspecified atom stereocenters. The molecule has 0 aliphatic rings. The van der Waals surface area contributed by atoms with Crippen LogP contribution in [0.15, 0.2) is 53.9 Å². The fraction of sp³-hybridized carbons (Fsp3) is 0.125. The van der Waals surface area contributed by atoms with Crippen molar-refractivity contribution in [2.75, 3.05) is 0 Å². The third kappa shape index (κ3) is 2.17. The van der Waals surface area contributed by atoms with Gasteiger partial charge in [0.15, 0.2) is 0 Å². The highest BCUT2D eigenvalue weighted by molar-refractivity contribution is 7.17. The van der Waals surface area contributed by atoms with E-state index in [0.29, 0.717) is 6.54 Å². The van der Waals surface area contributed by atoms with Gasteiger partial charge in [-0.25, -0.2) is 0 Å². The molecule has 0 bridgehead atoms. The molecule has 0 spiro atoms. The van der Waals surface area contributed by atoms with Crippen molar-refractivity contribution < 1.29 is 0 Å². The maximum atomic E-state index is 5.68. The van der Waals surface area contributed by atoms with Crippen LogP contribution >= 0.6 is 11.3 Å². The van der Waals surface area contributed by atoms with Crippen LogP contribution in [0.3, 0.4) is 0 Å². The summed E-state index contributed by atoms with van der Waals surface area (Å²) in [6, 6.07) is 17.1. The normalized spacial score (nSPS) is 10.9. The van der Waals surface area contributed by atoms with Crippen molar-refractivity contribution in [1.29, 1.82) is 0 Å². The fourth-order valence-corrected chi connectivity index (χ4v) is 3.22. The van der Waals surface area contributed by atoms with Gasteiger partial charge in [-0.05, 0) is 39.9 Å². The largest absolute Gasteiger partial charge is 0.326 e. The Labute approximate surface area is 111 Å². The van der Waals surface area contributed by atoms with E-state index in [1.165, 1.54) is 26.8 Å². The van der Waals surface area contributed by atoms with E-state index in [0.717, 1.165) is 6.42 Å². The van der Waals surface area contributed by atoms with Crippen LogP contribution in [0, 0.1) is 0 Å². The summed E-state index contributed by atoms with van der Waals surface area (Å²) in [5, 5.41) is 3.64. The quantitative estimate of drug-likeness (QED) is 0.751. The standard InChI is InChI=1S/C16H15NS/c17-10-13-5-3-4-12(8-13)9-14-11-18-16-7-2-1-6-15(14)16/h1-8,11H,9-10,17H2. The van der Waals surface area contributed by atoms with Crippen LogP contribution in [0.5, 0.6) is 0 Å². The van der Waals surface area contributed by atoms with E-state index in [2.05, 4.69) is 53.9 Å². The van der Waals surface area contributed by atoms with Crippen molar-refractivity contribution in [3.63, 3.8) is 0 Å². The maximum Gasteiger partial charge on any atom is 0.0345 e. The highest BCUT2D eigenvalue weighted by Gasteiger charge is 2.04. The Morgan fingerprint density at radius 1 is 0.944 bits per heavy atom. The van der Waals surface area contributed by atoms with E-state index in [4.69, 9.17) is 5.73 Å². The van der Waals surface area contributed by atoms with E-state index in [1.807, 2.05) is 11.3 Å². The van der Waals surface area contributed by atoms with Gasteiger partial charge in [0.25, 0.3) is 0 Å². The molecule has 0 fully saturated rings. The highest BCUT2D eigenvalue weighted by atomic mass is 32.1. The van der Waals surface area contributed by atoms with Crippen molar-refractivity contribution in [3.05, 3.63) is 70.6 Å². The van der Waals surface area contributed by atoms with Gasteiger partial charge in [-0.1, -0.05) is 42.5 Å². The van der Waals surface area contributed by atoms with E-state index < -0.39 is 0 Å². The Kier molecular flexibility index (Phi) is 3.13. The van der Waals surface area contributed by atoms with Crippen LogP contribution in [0.25, 0.3) is 10.1 Å². The predicted octanol–water partition coefficient (Wildman–Crippen LogP) is 3.95. The minimum absolute atomic E-state index is 0.609. The molecule has 0 saturated heterocycles. The molecule has 0 radical (unpaired) electrons. The lowest BCUT2D eigenvalue weighted by atomic mass is 10.0. The third-order valence-corrected chi connectivity index (χ3v) is 4.20. The van der Waals surface area contributed by atoms with E-state index in [9.17, 15) is 0 Å². The summed E-state index contributed by atoms with van der Waals surface area (Å²) in [6.45, 7) is 0.609. The Bertz CT molecular complexity index is 669. The zero-order valence-corrected chi connectivity index (χ0v) is 10.9. The fourth-order valence-electron chi connectivity index (χ4n) is 2.26. The van der Waals surface area contributed by atoms with Gasteiger partial charge in [-0.2, -0.15) is 0 Å². The van der Waals surface area contributed by atoms with Crippen LogP contribution in [-0.4, -0.2) is 0 Å². The molecule has 1 aromatic heterocycles. The summed E-state index contributed by atoms with van der Waals surface area (Å²) < 4.78 is 1.36. The topological polar surface area (TPSA) is 26.0 Å². The summed E-state index contributed by atoms with van der Waals surface area (Å²) in [7, 11) is 0. The number of hydrogen-bond donors (Lipinski definition) is 1. The molecule has 0 saturated carbocycles. The number of rotatable bonds is 3. The molecule has 0 aliphatic heterocycles. The zero-order chi connectivity index (χ0) is 12.4. The minimum atomic E-state index is 0.609. The summed E-state index contributed by atoms with van der Waals surface area (Å²) >= 11 is 1.82. The first-order chi connectivity index (χ1) is 8.86.